The summed E-state index contributed by atoms with van der Waals surface area (Å²) in [7, 11) is 0. The molecule has 0 saturated carbocycles. The lowest BCUT2D eigenvalue weighted by atomic mass is 9.92. The normalized spacial score (nSPS) is 19.6. The summed E-state index contributed by atoms with van der Waals surface area (Å²) in [6, 6.07) is 2.18. The minimum atomic E-state index is -0.00717. The largest absolute Gasteiger partial charge is 0.329 e. The number of hydrogen-bond acceptors (Lipinski definition) is 2. The zero-order valence-corrected chi connectivity index (χ0v) is 11.6. The Bertz CT molecular complexity index is 482. The minimum absolute atomic E-state index is 0.00717. The van der Waals surface area contributed by atoms with Crippen LogP contribution in [0.3, 0.4) is 0 Å². The first-order chi connectivity index (χ1) is 8.34. The van der Waals surface area contributed by atoms with E-state index in [2.05, 4.69) is 38.5 Å². The molecule has 1 aliphatic heterocycles. The number of nitrogens with zero attached hydrogens (tertiary/aromatic N) is 3. The lowest BCUT2D eigenvalue weighted by molar-refractivity contribution is -0.129. The molecule has 0 saturated heterocycles. The quantitative estimate of drug-likeness (QED) is 0.714. The van der Waals surface area contributed by atoms with Crippen LogP contribution in [0.2, 0.25) is 0 Å². The summed E-state index contributed by atoms with van der Waals surface area (Å²) in [6.07, 6.45) is 1.38. The second-order valence-corrected chi connectivity index (χ2v) is 5.84. The van der Waals surface area contributed by atoms with Crippen LogP contribution in [-0.4, -0.2) is 27.1 Å². The van der Waals surface area contributed by atoms with Gasteiger partial charge in [-0.1, -0.05) is 27.4 Å². The van der Waals surface area contributed by atoms with Crippen molar-refractivity contribution in [3.8, 4) is 0 Å². The van der Waals surface area contributed by atoms with Gasteiger partial charge >= 0.3 is 0 Å². The maximum absolute atomic E-state index is 11.8. The summed E-state index contributed by atoms with van der Waals surface area (Å²) in [5.41, 5.74) is 2.23. The summed E-state index contributed by atoms with van der Waals surface area (Å²) < 4.78 is 2.03. The van der Waals surface area contributed by atoms with Crippen LogP contribution < -0.4 is 0 Å². The number of rotatable bonds is 1. The van der Waals surface area contributed by atoms with Gasteiger partial charge in [-0.2, -0.15) is 5.10 Å². The topological polar surface area (TPSA) is 38.1 Å². The number of amides is 1. The van der Waals surface area contributed by atoms with Crippen LogP contribution >= 0.6 is 0 Å². The van der Waals surface area contributed by atoms with Gasteiger partial charge in [-0.25, -0.2) is 0 Å². The van der Waals surface area contributed by atoms with Crippen molar-refractivity contribution in [1.82, 2.24) is 14.7 Å². The van der Waals surface area contributed by atoms with Crippen LogP contribution in [0, 0.1) is 0 Å². The second kappa shape index (κ2) is 4.26. The summed E-state index contributed by atoms with van der Waals surface area (Å²) in [5, 5.41) is 4.64. The van der Waals surface area contributed by atoms with Gasteiger partial charge < -0.3 is 4.90 Å². The molecule has 0 spiro atoms. The van der Waals surface area contributed by atoms with E-state index in [-0.39, 0.29) is 17.4 Å². The smallest absolute Gasteiger partial charge is 0.246 e. The van der Waals surface area contributed by atoms with E-state index in [4.69, 9.17) is 0 Å². The van der Waals surface area contributed by atoms with Crippen molar-refractivity contribution in [2.24, 2.45) is 0 Å². The van der Waals surface area contributed by atoms with Crippen molar-refractivity contribution in [3.63, 3.8) is 0 Å². The van der Waals surface area contributed by atoms with Crippen molar-refractivity contribution in [1.29, 1.82) is 0 Å². The summed E-state index contributed by atoms with van der Waals surface area (Å²) in [6.45, 7) is 13.5. The molecule has 0 radical (unpaired) electrons. The summed E-state index contributed by atoms with van der Waals surface area (Å²) >= 11 is 0. The zero-order valence-electron chi connectivity index (χ0n) is 11.6. The first-order valence-electron chi connectivity index (χ1n) is 6.36. The Morgan fingerprint density at radius 3 is 2.72 bits per heavy atom. The average molecular weight is 247 g/mol. The Morgan fingerprint density at radius 1 is 1.50 bits per heavy atom. The lowest BCUT2D eigenvalue weighted by Gasteiger charge is -2.33. The SMILES string of the molecule is C=CC(=O)N1CCn2nc(C(C)(C)C)cc2C1C. The fraction of sp³-hybridized carbons (Fsp3) is 0.571. The Kier molecular flexibility index (Phi) is 3.05. The van der Waals surface area contributed by atoms with Gasteiger partial charge in [0.25, 0.3) is 0 Å². The van der Waals surface area contributed by atoms with E-state index in [1.807, 2.05) is 16.5 Å². The molecule has 4 heteroatoms. The van der Waals surface area contributed by atoms with E-state index in [9.17, 15) is 4.79 Å². The first-order valence-corrected chi connectivity index (χ1v) is 6.36. The maximum atomic E-state index is 11.8. The molecule has 2 heterocycles. The third-order valence-corrected chi connectivity index (χ3v) is 3.49. The van der Waals surface area contributed by atoms with Crippen LogP contribution in [0.5, 0.6) is 0 Å². The molecule has 98 valence electrons. The van der Waals surface area contributed by atoms with E-state index in [0.29, 0.717) is 6.54 Å². The molecule has 0 bridgehead atoms. The molecular weight excluding hydrogens is 226 g/mol. The molecule has 1 aromatic heterocycles. The van der Waals surface area contributed by atoms with E-state index < -0.39 is 0 Å². The predicted molar refractivity (Wildman–Crippen MR) is 71.3 cm³/mol. The Hall–Kier alpha value is -1.58. The van der Waals surface area contributed by atoms with Crippen molar-refractivity contribution >= 4 is 5.91 Å². The molecule has 1 aromatic rings. The highest BCUT2D eigenvalue weighted by Gasteiger charge is 2.30. The highest BCUT2D eigenvalue weighted by atomic mass is 16.2. The number of hydrogen-bond donors (Lipinski definition) is 0. The highest BCUT2D eigenvalue weighted by Crippen LogP contribution is 2.29. The van der Waals surface area contributed by atoms with Crippen LogP contribution in [0.25, 0.3) is 0 Å². The van der Waals surface area contributed by atoms with Crippen LogP contribution in [0.15, 0.2) is 18.7 Å². The molecule has 18 heavy (non-hydrogen) atoms. The fourth-order valence-electron chi connectivity index (χ4n) is 2.29. The number of carbonyl (C=O) groups is 1. The third kappa shape index (κ3) is 2.07. The molecule has 0 aliphatic carbocycles. The van der Waals surface area contributed by atoms with Gasteiger partial charge in [0.1, 0.15) is 0 Å². The van der Waals surface area contributed by atoms with E-state index in [1.54, 1.807) is 0 Å². The van der Waals surface area contributed by atoms with Gasteiger partial charge in [-0.3, -0.25) is 9.48 Å². The molecule has 1 atom stereocenters. The van der Waals surface area contributed by atoms with Crippen LogP contribution in [-0.2, 0) is 16.8 Å². The number of aromatic nitrogens is 2. The third-order valence-electron chi connectivity index (χ3n) is 3.49. The monoisotopic (exact) mass is 247 g/mol. The highest BCUT2D eigenvalue weighted by molar-refractivity contribution is 5.87. The van der Waals surface area contributed by atoms with Gasteiger partial charge in [0, 0.05) is 12.0 Å². The number of fused-ring (bicyclic) bond motifs is 1. The molecule has 0 aromatic carbocycles. The minimum Gasteiger partial charge on any atom is -0.329 e. The molecule has 0 N–H and O–H groups in total. The molecular formula is C14H21N3O. The van der Waals surface area contributed by atoms with Crippen molar-refractivity contribution in [3.05, 3.63) is 30.1 Å². The van der Waals surface area contributed by atoms with E-state index >= 15 is 0 Å². The lowest BCUT2D eigenvalue weighted by Crippen LogP contribution is -2.40. The average Bonchev–Trinajstić information content (AvgIpc) is 2.73. The van der Waals surface area contributed by atoms with Crippen molar-refractivity contribution in [2.45, 2.75) is 45.7 Å². The van der Waals surface area contributed by atoms with Gasteiger partial charge in [-0.05, 0) is 19.1 Å². The van der Waals surface area contributed by atoms with Gasteiger partial charge in [0.2, 0.25) is 5.91 Å². The molecule has 1 unspecified atom stereocenters. The molecule has 2 rings (SSSR count). The standard InChI is InChI=1S/C14H21N3O/c1-6-13(18)16-7-8-17-11(10(16)2)9-12(15-17)14(3,4)5/h6,9-10H,1,7-8H2,2-5H3. The van der Waals surface area contributed by atoms with Gasteiger partial charge in [0.15, 0.2) is 0 Å². The molecule has 1 amide bonds. The predicted octanol–water partition coefficient (Wildman–Crippen LogP) is 2.27. The summed E-state index contributed by atoms with van der Waals surface area (Å²) in [5.74, 6) is -0.00717. The first kappa shape index (κ1) is 12.9. The van der Waals surface area contributed by atoms with E-state index in [0.717, 1.165) is 17.9 Å². The van der Waals surface area contributed by atoms with E-state index in [1.165, 1.54) is 6.08 Å². The van der Waals surface area contributed by atoms with Crippen LogP contribution in [0.1, 0.15) is 45.1 Å². The Balaban J connectivity index is 2.35. The fourth-order valence-corrected chi connectivity index (χ4v) is 2.29. The Labute approximate surface area is 108 Å². The van der Waals surface area contributed by atoms with Crippen LogP contribution in [0.4, 0.5) is 0 Å². The Morgan fingerprint density at radius 2 is 2.17 bits per heavy atom. The van der Waals surface area contributed by atoms with Gasteiger partial charge in [0.05, 0.1) is 24.0 Å². The second-order valence-electron chi connectivity index (χ2n) is 5.84. The molecule has 0 fully saturated rings. The zero-order chi connectivity index (χ0) is 13.5. The molecule has 1 aliphatic rings. The van der Waals surface area contributed by atoms with Gasteiger partial charge in [-0.15, -0.1) is 0 Å². The molecule has 4 nitrogen and oxygen atoms in total. The van der Waals surface area contributed by atoms with Crippen molar-refractivity contribution < 1.29 is 4.79 Å². The summed E-state index contributed by atoms with van der Waals surface area (Å²) in [4.78, 5) is 13.6. The maximum Gasteiger partial charge on any atom is 0.246 e. The number of carbonyl (C=O) groups excluding carboxylic acids is 1. The van der Waals surface area contributed by atoms with Crippen molar-refractivity contribution in [2.75, 3.05) is 6.54 Å².